The maximum Gasteiger partial charge on any atom is 0.408 e. The molecule has 4 amide bonds. The SMILES string of the molecule is O=C(N[C@H]1CCCCCC=C[C@@H]2C[C@@]2(C(=O)NS(=O)(=O)C2CC2)NC(=O)[C@@H]2CCCN2C1=O)OC1CCCC1. The smallest absolute Gasteiger partial charge is 0.408 e. The number of hydrogen-bond acceptors (Lipinski definition) is 7. The number of carbonyl (C=O) groups excluding carboxylic acids is 4. The van der Waals surface area contributed by atoms with Crippen LogP contribution in [0.2, 0.25) is 0 Å². The lowest BCUT2D eigenvalue weighted by Crippen LogP contribution is -2.58. The molecule has 4 atom stereocenters. The van der Waals surface area contributed by atoms with Crippen molar-refractivity contribution in [3.63, 3.8) is 0 Å². The average molecular weight is 565 g/mol. The molecule has 0 unspecified atom stereocenters. The Morgan fingerprint density at radius 1 is 0.974 bits per heavy atom. The van der Waals surface area contributed by atoms with Crippen molar-refractivity contribution < 1.29 is 32.3 Å². The summed E-state index contributed by atoms with van der Waals surface area (Å²) in [6, 6.07) is -1.60. The van der Waals surface area contributed by atoms with Crippen LogP contribution in [0.1, 0.15) is 89.9 Å². The minimum Gasteiger partial charge on any atom is -0.446 e. The summed E-state index contributed by atoms with van der Waals surface area (Å²) in [6.07, 6.45) is 12.9. The fourth-order valence-corrected chi connectivity index (χ4v) is 7.47. The molecule has 0 radical (unpaired) electrons. The Morgan fingerprint density at radius 2 is 1.72 bits per heavy atom. The molecular formula is C27H40N4O7S. The Hall–Kier alpha value is -2.63. The highest BCUT2D eigenvalue weighted by molar-refractivity contribution is 7.91. The highest BCUT2D eigenvalue weighted by Crippen LogP contribution is 2.46. The van der Waals surface area contributed by atoms with E-state index in [0.717, 1.165) is 51.4 Å². The molecule has 12 heteroatoms. The molecule has 5 rings (SSSR count). The number of allylic oxidation sites excluding steroid dienone is 1. The van der Waals surface area contributed by atoms with Crippen LogP contribution in [-0.2, 0) is 29.1 Å². The van der Waals surface area contributed by atoms with Gasteiger partial charge in [0.25, 0.3) is 5.91 Å². The van der Waals surface area contributed by atoms with E-state index in [9.17, 15) is 27.6 Å². The van der Waals surface area contributed by atoms with Crippen LogP contribution in [0.5, 0.6) is 0 Å². The number of alkyl carbamates (subject to hydrolysis) is 1. The zero-order valence-electron chi connectivity index (χ0n) is 22.4. The van der Waals surface area contributed by atoms with Gasteiger partial charge in [-0.15, -0.1) is 0 Å². The molecule has 4 fully saturated rings. The summed E-state index contributed by atoms with van der Waals surface area (Å²) in [5.74, 6) is -1.83. The molecule has 3 aliphatic carbocycles. The molecule has 216 valence electrons. The number of ether oxygens (including phenoxy) is 1. The lowest BCUT2D eigenvalue weighted by molar-refractivity contribution is -0.141. The number of rotatable bonds is 5. The number of carbonyl (C=O) groups is 4. The van der Waals surface area contributed by atoms with Crippen LogP contribution in [0.3, 0.4) is 0 Å². The van der Waals surface area contributed by atoms with Gasteiger partial charge in [-0.3, -0.25) is 19.1 Å². The Labute approximate surface area is 229 Å². The van der Waals surface area contributed by atoms with Crippen LogP contribution in [0.4, 0.5) is 4.79 Å². The van der Waals surface area contributed by atoms with Gasteiger partial charge in [0, 0.05) is 12.5 Å². The van der Waals surface area contributed by atoms with Gasteiger partial charge in [-0.1, -0.05) is 25.0 Å². The molecular weight excluding hydrogens is 524 g/mol. The Balaban J connectivity index is 1.32. The predicted octanol–water partition coefficient (Wildman–Crippen LogP) is 2.02. The standard InChI is InChI=1S/C27H40N4O7S/c32-23-22-13-8-16-31(22)24(33)21(28-26(35)38-19-10-6-7-11-19)12-5-3-1-2-4-9-18-17-27(18,29-23)25(34)30-39(36,37)20-14-15-20/h4,9,18-22H,1-3,5-8,10-17H2,(H,28,35)(H,29,32)(H,30,34)/t18-,21+,22+,27-/m1/s1. The van der Waals surface area contributed by atoms with Gasteiger partial charge >= 0.3 is 6.09 Å². The molecule has 0 bridgehead atoms. The van der Waals surface area contributed by atoms with Crippen LogP contribution in [-0.4, -0.2) is 72.7 Å². The molecule has 5 aliphatic rings. The van der Waals surface area contributed by atoms with E-state index in [1.807, 2.05) is 12.2 Å². The van der Waals surface area contributed by atoms with Crippen LogP contribution in [0.15, 0.2) is 12.2 Å². The molecule has 39 heavy (non-hydrogen) atoms. The summed E-state index contributed by atoms with van der Waals surface area (Å²) in [5.41, 5.74) is -1.35. The Bertz CT molecular complexity index is 1120. The Kier molecular flexibility index (Phi) is 8.21. The Morgan fingerprint density at radius 3 is 2.46 bits per heavy atom. The minimum atomic E-state index is -3.78. The van der Waals surface area contributed by atoms with Crippen molar-refractivity contribution in [1.82, 2.24) is 20.3 Å². The van der Waals surface area contributed by atoms with Gasteiger partial charge in [-0.25, -0.2) is 13.2 Å². The van der Waals surface area contributed by atoms with Crippen LogP contribution in [0, 0.1) is 5.92 Å². The van der Waals surface area contributed by atoms with Crippen molar-refractivity contribution >= 4 is 33.8 Å². The van der Waals surface area contributed by atoms with Crippen molar-refractivity contribution in [2.75, 3.05) is 6.54 Å². The first-order chi connectivity index (χ1) is 18.7. The molecule has 0 aromatic heterocycles. The van der Waals surface area contributed by atoms with Crippen molar-refractivity contribution in [2.24, 2.45) is 5.92 Å². The van der Waals surface area contributed by atoms with E-state index in [0.29, 0.717) is 45.1 Å². The topological polar surface area (TPSA) is 151 Å². The normalized spacial score (nSPS) is 32.3. The molecule has 0 aromatic carbocycles. The molecule has 2 aliphatic heterocycles. The van der Waals surface area contributed by atoms with E-state index in [4.69, 9.17) is 4.74 Å². The molecule has 0 aromatic rings. The molecule has 2 heterocycles. The first-order valence-corrected chi connectivity index (χ1v) is 16.1. The fourth-order valence-electron chi connectivity index (χ4n) is 6.11. The maximum atomic E-state index is 13.7. The van der Waals surface area contributed by atoms with Crippen LogP contribution < -0.4 is 15.4 Å². The van der Waals surface area contributed by atoms with E-state index in [-0.39, 0.29) is 17.9 Å². The number of nitrogens with zero attached hydrogens (tertiary/aromatic N) is 1. The second-order valence-corrected chi connectivity index (χ2v) is 13.7. The molecule has 3 N–H and O–H groups in total. The number of amides is 4. The van der Waals surface area contributed by atoms with E-state index in [1.165, 1.54) is 4.90 Å². The number of hydrogen-bond donors (Lipinski definition) is 3. The van der Waals surface area contributed by atoms with Gasteiger partial charge in [-0.05, 0) is 77.0 Å². The largest absolute Gasteiger partial charge is 0.446 e. The maximum absolute atomic E-state index is 13.7. The van der Waals surface area contributed by atoms with Gasteiger partial charge in [0.2, 0.25) is 21.8 Å². The van der Waals surface area contributed by atoms with Crippen molar-refractivity contribution in [3.8, 4) is 0 Å². The summed E-state index contributed by atoms with van der Waals surface area (Å²) < 4.78 is 32.7. The molecule has 3 saturated carbocycles. The fraction of sp³-hybridized carbons (Fsp3) is 0.778. The summed E-state index contributed by atoms with van der Waals surface area (Å²) in [4.78, 5) is 54.6. The third-order valence-electron chi connectivity index (χ3n) is 8.70. The quantitative estimate of drug-likeness (QED) is 0.432. The van der Waals surface area contributed by atoms with Gasteiger partial charge in [0.05, 0.1) is 5.25 Å². The number of fused-ring (bicyclic) bond motifs is 2. The van der Waals surface area contributed by atoms with E-state index < -0.39 is 50.8 Å². The zero-order valence-corrected chi connectivity index (χ0v) is 23.2. The van der Waals surface area contributed by atoms with E-state index in [2.05, 4.69) is 15.4 Å². The van der Waals surface area contributed by atoms with Gasteiger partial charge in [0.15, 0.2) is 0 Å². The van der Waals surface area contributed by atoms with E-state index in [1.54, 1.807) is 0 Å². The highest BCUT2D eigenvalue weighted by Gasteiger charge is 2.61. The lowest BCUT2D eigenvalue weighted by atomic mass is 10.1. The molecule has 11 nitrogen and oxygen atoms in total. The van der Waals surface area contributed by atoms with Gasteiger partial charge < -0.3 is 20.3 Å². The number of nitrogens with one attached hydrogen (secondary N) is 3. The molecule has 1 saturated heterocycles. The van der Waals surface area contributed by atoms with Crippen molar-refractivity contribution in [1.29, 1.82) is 0 Å². The van der Waals surface area contributed by atoms with Crippen LogP contribution in [0.25, 0.3) is 0 Å². The first-order valence-electron chi connectivity index (χ1n) is 14.5. The van der Waals surface area contributed by atoms with Crippen LogP contribution >= 0.6 is 0 Å². The number of sulfonamides is 1. The highest BCUT2D eigenvalue weighted by atomic mass is 32.2. The molecule has 0 spiro atoms. The van der Waals surface area contributed by atoms with Gasteiger partial charge in [0.1, 0.15) is 23.7 Å². The first kappa shape index (κ1) is 27.9. The van der Waals surface area contributed by atoms with Gasteiger partial charge in [-0.2, -0.15) is 0 Å². The monoisotopic (exact) mass is 564 g/mol. The summed E-state index contributed by atoms with van der Waals surface area (Å²) >= 11 is 0. The van der Waals surface area contributed by atoms with E-state index >= 15 is 0 Å². The second kappa shape index (κ2) is 11.5. The summed E-state index contributed by atoms with van der Waals surface area (Å²) in [7, 11) is -3.78. The predicted molar refractivity (Wildman–Crippen MR) is 142 cm³/mol. The minimum absolute atomic E-state index is 0.128. The third kappa shape index (κ3) is 6.41. The second-order valence-electron chi connectivity index (χ2n) is 11.7. The average Bonchev–Trinajstić information content (AvgIpc) is 3.74. The van der Waals surface area contributed by atoms with Crippen molar-refractivity contribution in [2.45, 2.75) is 119 Å². The lowest BCUT2D eigenvalue weighted by Gasteiger charge is -2.30. The summed E-state index contributed by atoms with van der Waals surface area (Å²) in [6.45, 7) is 0.366. The zero-order chi connectivity index (χ0) is 27.6. The van der Waals surface area contributed by atoms with Crippen molar-refractivity contribution in [3.05, 3.63) is 12.2 Å². The summed E-state index contributed by atoms with van der Waals surface area (Å²) in [5, 5.41) is 5.05. The third-order valence-corrected chi connectivity index (χ3v) is 10.5.